The molecular weight excluding hydrogens is 262 g/mol. The van der Waals surface area contributed by atoms with E-state index >= 15 is 0 Å². The van der Waals surface area contributed by atoms with E-state index in [-0.39, 0.29) is 0 Å². The zero-order valence-electron chi connectivity index (χ0n) is 13.3. The fourth-order valence-electron chi connectivity index (χ4n) is 3.64. The molecule has 1 aliphatic carbocycles. The van der Waals surface area contributed by atoms with Crippen LogP contribution in [0.1, 0.15) is 69.0 Å². The fraction of sp³-hybridized carbons (Fsp3) is 0.765. The largest absolute Gasteiger partial charge is 0.376 e. The molecule has 1 aliphatic heterocycles. The summed E-state index contributed by atoms with van der Waals surface area (Å²) in [5.74, 6) is 3.49. The SMILES string of the molecule is CCNc1nc(C2CCCC(CC)C2)nc2c1COCC2. The summed E-state index contributed by atoms with van der Waals surface area (Å²) < 4.78 is 5.58. The van der Waals surface area contributed by atoms with Crippen LogP contribution in [0.3, 0.4) is 0 Å². The van der Waals surface area contributed by atoms with Crippen molar-refractivity contribution in [2.75, 3.05) is 18.5 Å². The molecular formula is C17H27N3O. The molecule has 1 aromatic rings. The Morgan fingerprint density at radius 3 is 2.95 bits per heavy atom. The molecule has 0 amide bonds. The maximum Gasteiger partial charge on any atom is 0.135 e. The molecule has 2 unspecified atom stereocenters. The van der Waals surface area contributed by atoms with Crippen molar-refractivity contribution in [1.29, 1.82) is 0 Å². The summed E-state index contributed by atoms with van der Waals surface area (Å²) in [6.07, 6.45) is 7.42. The van der Waals surface area contributed by atoms with E-state index in [2.05, 4.69) is 19.2 Å². The van der Waals surface area contributed by atoms with Gasteiger partial charge in [-0.05, 0) is 25.7 Å². The van der Waals surface area contributed by atoms with Gasteiger partial charge in [0.05, 0.1) is 18.9 Å². The third-order valence-electron chi connectivity index (χ3n) is 4.91. The van der Waals surface area contributed by atoms with Crippen LogP contribution in [0.15, 0.2) is 0 Å². The van der Waals surface area contributed by atoms with Gasteiger partial charge in [-0.15, -0.1) is 0 Å². The summed E-state index contributed by atoms with van der Waals surface area (Å²) >= 11 is 0. The lowest BCUT2D eigenvalue weighted by atomic mass is 9.80. The topological polar surface area (TPSA) is 47.0 Å². The molecule has 4 nitrogen and oxygen atoms in total. The highest BCUT2D eigenvalue weighted by atomic mass is 16.5. The van der Waals surface area contributed by atoms with Crippen LogP contribution in [0.25, 0.3) is 0 Å². The maximum absolute atomic E-state index is 5.58. The first-order valence-corrected chi connectivity index (χ1v) is 8.53. The van der Waals surface area contributed by atoms with Crippen molar-refractivity contribution in [3.8, 4) is 0 Å². The van der Waals surface area contributed by atoms with Crippen LogP contribution in [0.5, 0.6) is 0 Å². The highest BCUT2D eigenvalue weighted by molar-refractivity contribution is 5.47. The minimum Gasteiger partial charge on any atom is -0.376 e. The molecule has 21 heavy (non-hydrogen) atoms. The van der Waals surface area contributed by atoms with Crippen LogP contribution >= 0.6 is 0 Å². The smallest absolute Gasteiger partial charge is 0.135 e. The van der Waals surface area contributed by atoms with E-state index in [0.717, 1.165) is 37.1 Å². The number of anilines is 1. The van der Waals surface area contributed by atoms with Crippen LogP contribution in [-0.2, 0) is 17.8 Å². The monoisotopic (exact) mass is 289 g/mol. The predicted octanol–water partition coefficient (Wildman–Crippen LogP) is 3.66. The fourth-order valence-corrected chi connectivity index (χ4v) is 3.64. The van der Waals surface area contributed by atoms with Crippen molar-refractivity contribution in [3.05, 3.63) is 17.1 Å². The Labute approximate surface area is 127 Å². The maximum atomic E-state index is 5.58. The Balaban J connectivity index is 1.89. The second kappa shape index (κ2) is 6.73. The van der Waals surface area contributed by atoms with Gasteiger partial charge in [-0.1, -0.05) is 26.2 Å². The van der Waals surface area contributed by atoms with Crippen LogP contribution in [0, 0.1) is 5.92 Å². The van der Waals surface area contributed by atoms with E-state index < -0.39 is 0 Å². The van der Waals surface area contributed by atoms with E-state index in [4.69, 9.17) is 14.7 Å². The van der Waals surface area contributed by atoms with E-state index in [9.17, 15) is 0 Å². The van der Waals surface area contributed by atoms with Gasteiger partial charge in [0.2, 0.25) is 0 Å². The Morgan fingerprint density at radius 1 is 1.24 bits per heavy atom. The predicted molar refractivity (Wildman–Crippen MR) is 84.5 cm³/mol. The van der Waals surface area contributed by atoms with Gasteiger partial charge < -0.3 is 10.1 Å². The number of ether oxygens (including phenoxy) is 1. The third kappa shape index (κ3) is 3.20. The number of hydrogen-bond donors (Lipinski definition) is 1. The van der Waals surface area contributed by atoms with Crippen molar-refractivity contribution >= 4 is 5.82 Å². The second-order valence-electron chi connectivity index (χ2n) is 6.33. The standard InChI is InChI=1S/C17H27N3O/c1-3-12-6-5-7-13(10-12)16-19-15-8-9-21-11-14(15)17(20-16)18-4-2/h12-13H,3-11H2,1-2H3,(H,18,19,20). The Hall–Kier alpha value is -1.16. The van der Waals surface area contributed by atoms with E-state index in [0.29, 0.717) is 12.5 Å². The quantitative estimate of drug-likeness (QED) is 0.919. The van der Waals surface area contributed by atoms with Gasteiger partial charge in [0, 0.05) is 24.4 Å². The Kier molecular flexibility index (Phi) is 4.73. The van der Waals surface area contributed by atoms with Gasteiger partial charge in [-0.25, -0.2) is 9.97 Å². The van der Waals surface area contributed by atoms with E-state index in [1.54, 1.807) is 0 Å². The van der Waals surface area contributed by atoms with Crippen molar-refractivity contribution in [3.63, 3.8) is 0 Å². The molecule has 116 valence electrons. The number of hydrogen-bond acceptors (Lipinski definition) is 4. The molecule has 0 bridgehead atoms. The lowest BCUT2D eigenvalue weighted by Crippen LogP contribution is -2.21. The molecule has 1 aromatic heterocycles. The van der Waals surface area contributed by atoms with E-state index in [1.807, 2.05) is 0 Å². The van der Waals surface area contributed by atoms with Gasteiger partial charge in [-0.2, -0.15) is 0 Å². The number of nitrogens with one attached hydrogen (secondary N) is 1. The van der Waals surface area contributed by atoms with Crippen molar-refractivity contribution in [2.24, 2.45) is 5.92 Å². The lowest BCUT2D eigenvalue weighted by Gasteiger charge is -2.29. The molecule has 4 heteroatoms. The molecule has 2 atom stereocenters. The Morgan fingerprint density at radius 2 is 2.14 bits per heavy atom. The summed E-state index contributed by atoms with van der Waals surface area (Å²) in [6, 6.07) is 0. The highest BCUT2D eigenvalue weighted by Gasteiger charge is 2.26. The first kappa shape index (κ1) is 14.8. The molecule has 0 spiro atoms. The second-order valence-corrected chi connectivity index (χ2v) is 6.33. The number of fused-ring (bicyclic) bond motifs is 1. The number of nitrogens with zero attached hydrogens (tertiary/aromatic N) is 2. The molecule has 1 saturated carbocycles. The van der Waals surface area contributed by atoms with Crippen LogP contribution in [-0.4, -0.2) is 23.1 Å². The van der Waals surface area contributed by atoms with Crippen LogP contribution < -0.4 is 5.32 Å². The average molecular weight is 289 g/mol. The summed E-state index contributed by atoms with van der Waals surface area (Å²) in [5, 5.41) is 3.41. The lowest BCUT2D eigenvalue weighted by molar-refractivity contribution is 0.109. The summed E-state index contributed by atoms with van der Waals surface area (Å²) in [5.41, 5.74) is 2.38. The average Bonchev–Trinajstić information content (AvgIpc) is 2.55. The summed E-state index contributed by atoms with van der Waals surface area (Å²) in [7, 11) is 0. The summed E-state index contributed by atoms with van der Waals surface area (Å²) in [6.45, 7) is 6.76. The first-order chi connectivity index (χ1) is 10.3. The van der Waals surface area contributed by atoms with Gasteiger partial charge in [0.15, 0.2) is 0 Å². The van der Waals surface area contributed by atoms with Gasteiger partial charge in [-0.3, -0.25) is 0 Å². The zero-order valence-corrected chi connectivity index (χ0v) is 13.3. The molecule has 0 saturated heterocycles. The highest BCUT2D eigenvalue weighted by Crippen LogP contribution is 2.37. The first-order valence-electron chi connectivity index (χ1n) is 8.53. The zero-order chi connectivity index (χ0) is 14.7. The molecule has 1 fully saturated rings. The molecule has 1 N–H and O–H groups in total. The number of aromatic nitrogens is 2. The molecule has 0 aromatic carbocycles. The normalized spacial score (nSPS) is 25.4. The van der Waals surface area contributed by atoms with Crippen LogP contribution in [0.2, 0.25) is 0 Å². The minimum absolute atomic E-state index is 0.550. The van der Waals surface area contributed by atoms with Crippen molar-refractivity contribution < 1.29 is 4.74 Å². The van der Waals surface area contributed by atoms with Crippen molar-refractivity contribution in [2.45, 2.75) is 64.9 Å². The third-order valence-corrected chi connectivity index (χ3v) is 4.91. The van der Waals surface area contributed by atoms with Gasteiger partial charge in [0.1, 0.15) is 11.6 Å². The van der Waals surface area contributed by atoms with Crippen molar-refractivity contribution in [1.82, 2.24) is 9.97 Å². The van der Waals surface area contributed by atoms with Gasteiger partial charge in [0.25, 0.3) is 0 Å². The van der Waals surface area contributed by atoms with Gasteiger partial charge >= 0.3 is 0 Å². The summed E-state index contributed by atoms with van der Waals surface area (Å²) in [4.78, 5) is 9.78. The van der Waals surface area contributed by atoms with E-state index in [1.165, 1.54) is 43.4 Å². The Bertz CT molecular complexity index is 489. The molecule has 3 rings (SSSR count). The number of rotatable bonds is 4. The molecule has 2 aliphatic rings. The molecule has 2 heterocycles. The molecule has 0 radical (unpaired) electrons. The minimum atomic E-state index is 0.550. The van der Waals surface area contributed by atoms with Crippen LogP contribution in [0.4, 0.5) is 5.82 Å².